The number of alkyl halides is 2. The van der Waals surface area contributed by atoms with Crippen molar-refractivity contribution in [3.05, 3.63) is 277 Å². The van der Waals surface area contributed by atoms with Crippen molar-refractivity contribution in [2.45, 2.75) is 120 Å². The van der Waals surface area contributed by atoms with Crippen molar-refractivity contribution in [2.24, 2.45) is 5.73 Å². The number of aromatic hydroxyl groups is 2. The Morgan fingerprint density at radius 1 is 0.381 bits per heavy atom. The Labute approximate surface area is 899 Å². The van der Waals surface area contributed by atoms with Gasteiger partial charge in [-0.1, -0.05) is 44.1 Å². The number of thiazole rings is 6. The predicted octanol–water partition coefficient (Wildman–Crippen LogP) is 30.1. The van der Waals surface area contributed by atoms with E-state index in [4.69, 9.17) is 63.6 Å². The molecule has 15 aromatic rings. The van der Waals surface area contributed by atoms with Gasteiger partial charge < -0.3 is 68.1 Å². The smallest absolute Gasteiger partial charge is 0.343 e. The minimum atomic E-state index is -0.433. The summed E-state index contributed by atoms with van der Waals surface area (Å²) in [6, 6.07) is 64.0. The lowest BCUT2D eigenvalue weighted by Crippen LogP contribution is -2.13. The number of phenolic OH excluding ortho intramolecular Hbond substituents is 2. The highest BCUT2D eigenvalue weighted by atomic mass is 79.9. The van der Waals surface area contributed by atoms with Crippen LogP contribution in [0.1, 0.15) is 100.0 Å². The number of nitrogens with zero attached hydrogens (tertiary/aromatic N) is 6. The number of rotatable bonds is 27. The SMILES string of the molecule is CC(C)Oc1ccc(-c2nc(CBr)sc2Br)cc1.CC(N)=S.COC(=O)COc1ccc(O)cc1C.COC(=O)COc1ccc(OCc2nc(-c3ccc(OC(C)C)cc3)c(Br)s2)cc1C.COc1ccc(-c2csc(C)n2)cc1.COc1ccc(-c2nc(C)sc2Br)cc1.COc1ccc(C(=O)CBr)cc1.Cc1nc(-c2ccc(O)cc2)c(Br)s1.Cc1nc(-c2ccc(OC(C)C)cc2)c(Br)s1. The number of carbonyl (C=O) groups excluding carboxylic acids is 3. The van der Waals surface area contributed by atoms with E-state index < -0.39 is 11.9 Å². The largest absolute Gasteiger partial charge is 0.508 e. The standard InChI is InChI=1S/C23H24BrNO5S.C13H13Br2NOS.C13H14BrNOS.C11H10BrNOS.C11H11NOS.C10H8BrNOS.C10H12O4.C9H9BrO2.C2H5NS/c1-14(2)30-17-7-5-16(6-8-17)22-23(24)31-20(25-22)12-28-18-9-10-19(15(3)11-18)29-13-21(26)27-4;1-8(2)17-10-5-3-9(4-6-10)12-13(15)18-11(7-14)16-12;1-8(2)16-11-6-4-10(5-7-11)12-13(14)17-9(3)15-12;1-7-13-10(11(12)15-7)8-3-5-9(14-2)6-4-8;1-8-12-11(7-14-8)9-3-5-10(13-2)6-4-9;1-6-12-9(10(11)14-6)7-2-4-8(13)5-3-7;1-7-5-8(11)3-4-9(7)14-6-10(12)13-2;1-12-8-4-2-7(3-5-8)9(11)6-10;1-2(3)4/h5-11,14H,12-13H2,1-4H3;3-6,8H,7H2,1-2H3;4-8H,1-3H3;3-6H,1-2H3;3-7H,1-2H3;2-5,13H,1H3;3-5,11H,6H2,1-2H3;2-5H,6H2,1H3;1H3,(H2,3,4). The van der Waals surface area contributed by atoms with Gasteiger partial charge in [0.1, 0.15) is 79.9 Å². The van der Waals surface area contributed by atoms with Gasteiger partial charge in [0.2, 0.25) is 0 Å². The van der Waals surface area contributed by atoms with E-state index in [0.717, 1.165) is 167 Å². The number of halogens is 7. The molecule has 0 bridgehead atoms. The number of phenols is 2. The second-order valence-electron chi connectivity index (χ2n) is 29.8. The molecule has 0 unspecified atom stereocenters. The first-order chi connectivity index (χ1) is 66.3. The molecule has 0 saturated heterocycles. The van der Waals surface area contributed by atoms with E-state index in [1.165, 1.54) is 31.6 Å². The molecule has 6 heterocycles. The van der Waals surface area contributed by atoms with Crippen LogP contribution in [0, 0.1) is 41.5 Å². The molecule has 0 aliphatic carbocycles. The molecule has 9 aromatic carbocycles. The molecule has 0 fully saturated rings. The zero-order valence-corrected chi connectivity index (χ0v) is 96.2. The Hall–Kier alpha value is -9.58. The summed E-state index contributed by atoms with van der Waals surface area (Å²) in [5, 5.41) is 27.6. The van der Waals surface area contributed by atoms with Crippen molar-refractivity contribution in [1.82, 2.24) is 29.9 Å². The quantitative estimate of drug-likeness (QED) is 0.0186. The summed E-state index contributed by atoms with van der Waals surface area (Å²) in [6.45, 7) is 25.5. The highest BCUT2D eigenvalue weighted by Crippen LogP contribution is 2.40. The molecule has 0 atom stereocenters. The molecule has 4 N–H and O–H groups in total. The highest BCUT2D eigenvalue weighted by molar-refractivity contribution is 9.12. The minimum absolute atomic E-state index is 0.0812. The summed E-state index contributed by atoms with van der Waals surface area (Å²) in [4.78, 5) is 60.7. The van der Waals surface area contributed by atoms with Crippen molar-refractivity contribution in [3.63, 3.8) is 0 Å². The fourth-order valence-electron chi connectivity index (χ4n) is 11.5. The Balaban J connectivity index is 0.000000219. The van der Waals surface area contributed by atoms with Crippen LogP contribution < -0.4 is 48.4 Å². The van der Waals surface area contributed by atoms with E-state index in [0.29, 0.717) is 39.7 Å². The summed E-state index contributed by atoms with van der Waals surface area (Å²) in [5.74, 6) is 6.67. The molecule has 6 aromatic heterocycles. The maximum absolute atomic E-state index is 11.2. The number of esters is 2. The molecule has 37 heteroatoms. The average molecular weight is 2470 g/mol. The Bertz CT molecular complexity index is 6320. The molecular formula is C102H106Br7N7O16S7. The molecule has 0 saturated carbocycles. The third kappa shape index (κ3) is 40.8. The van der Waals surface area contributed by atoms with Gasteiger partial charge >= 0.3 is 11.9 Å². The Morgan fingerprint density at radius 2 is 0.691 bits per heavy atom. The van der Waals surface area contributed by atoms with Gasteiger partial charge in [0.15, 0.2) is 19.0 Å². The van der Waals surface area contributed by atoms with Crippen molar-refractivity contribution >= 4 is 214 Å². The molecule has 0 aliphatic rings. The van der Waals surface area contributed by atoms with Crippen molar-refractivity contribution in [3.8, 4) is 131 Å². The zero-order valence-electron chi connectivity index (χ0n) is 79.3. The molecule has 139 heavy (non-hydrogen) atoms. The lowest BCUT2D eigenvalue weighted by molar-refractivity contribution is -0.143. The third-order valence-electron chi connectivity index (χ3n) is 17.8. The number of benzene rings is 9. The molecule has 15 rings (SSSR count). The zero-order chi connectivity index (χ0) is 102. The van der Waals surface area contributed by atoms with Gasteiger partial charge in [-0.25, -0.2) is 39.5 Å². The first-order valence-electron chi connectivity index (χ1n) is 42.3. The molecule has 0 amide bonds. The average Bonchev–Trinajstić information content (AvgIpc) is 1.71. The van der Waals surface area contributed by atoms with Crippen LogP contribution in [0.2, 0.25) is 0 Å². The maximum atomic E-state index is 11.2. The number of ketones is 1. The van der Waals surface area contributed by atoms with Crippen LogP contribution in [0.15, 0.2) is 231 Å². The van der Waals surface area contributed by atoms with Gasteiger partial charge in [0, 0.05) is 44.3 Å². The van der Waals surface area contributed by atoms with E-state index >= 15 is 0 Å². The van der Waals surface area contributed by atoms with Gasteiger partial charge in [-0.2, -0.15) is 0 Å². The van der Waals surface area contributed by atoms with Crippen LogP contribution in [-0.4, -0.2) is 135 Å². The Morgan fingerprint density at radius 3 is 1.00 bits per heavy atom. The molecule has 23 nitrogen and oxygen atoms in total. The van der Waals surface area contributed by atoms with Gasteiger partial charge in [0.05, 0.1) is 143 Å². The lowest BCUT2D eigenvalue weighted by Gasteiger charge is -2.10. The number of methoxy groups -OCH3 is 5. The van der Waals surface area contributed by atoms with E-state index in [1.807, 2.05) is 216 Å². The van der Waals surface area contributed by atoms with E-state index in [-0.39, 0.29) is 48.8 Å². The number of Topliss-reactive ketones (excluding diaryl/α,β-unsaturated/α-hetero) is 1. The van der Waals surface area contributed by atoms with Crippen LogP contribution in [-0.2, 0) is 31.0 Å². The van der Waals surface area contributed by atoms with Gasteiger partial charge in [-0.3, -0.25) is 4.79 Å². The van der Waals surface area contributed by atoms with Crippen LogP contribution in [0.25, 0.3) is 67.5 Å². The van der Waals surface area contributed by atoms with Gasteiger partial charge in [-0.05, 0) is 387 Å². The number of ether oxygens (including phenoxy) is 11. The van der Waals surface area contributed by atoms with Crippen LogP contribution in [0.3, 0.4) is 0 Å². The van der Waals surface area contributed by atoms with E-state index in [2.05, 4.69) is 164 Å². The van der Waals surface area contributed by atoms with Crippen molar-refractivity contribution < 1.29 is 76.7 Å². The second kappa shape index (κ2) is 60.6. The summed E-state index contributed by atoms with van der Waals surface area (Å²) in [5.41, 5.74) is 19.5. The number of hydrogen-bond donors (Lipinski definition) is 3. The van der Waals surface area contributed by atoms with E-state index in [1.54, 1.807) is 153 Å². The minimum Gasteiger partial charge on any atom is -0.508 e. The number of thiocarbonyl (C=S) groups is 1. The lowest BCUT2D eigenvalue weighted by atomic mass is 10.1. The molecule has 736 valence electrons. The number of hydrogen-bond acceptors (Lipinski definition) is 29. The number of carbonyl (C=O) groups is 3. The highest BCUT2D eigenvalue weighted by Gasteiger charge is 2.18. The van der Waals surface area contributed by atoms with Crippen molar-refractivity contribution in [1.29, 1.82) is 0 Å². The fourth-order valence-corrected chi connectivity index (χ4v) is 21.1. The molecule has 0 aliphatic heterocycles. The first kappa shape index (κ1) is 116. The first-order valence-corrected chi connectivity index (χ1v) is 53.9. The van der Waals surface area contributed by atoms with Crippen LogP contribution in [0.5, 0.6) is 63.2 Å². The topological polar surface area (TPSA) is 297 Å². The third-order valence-corrected chi connectivity index (χ3v) is 28.2. The maximum Gasteiger partial charge on any atom is 0.343 e. The number of nitrogens with two attached hydrogens (primary N) is 1. The summed E-state index contributed by atoms with van der Waals surface area (Å²) >= 11 is 38.3. The summed E-state index contributed by atoms with van der Waals surface area (Å²) < 4.78 is 62.8. The molecule has 0 spiro atoms. The van der Waals surface area contributed by atoms with Gasteiger partial charge in [0.25, 0.3) is 0 Å². The summed E-state index contributed by atoms with van der Waals surface area (Å²) in [6.07, 6.45) is 0.536. The number of aryl methyl sites for hydroxylation is 6. The second-order valence-corrected chi connectivity index (χ2v) is 45.0. The van der Waals surface area contributed by atoms with Crippen LogP contribution >= 0.6 is 192 Å². The Kier molecular flexibility index (Phi) is 50.8. The van der Waals surface area contributed by atoms with Crippen LogP contribution in [0.4, 0.5) is 0 Å². The van der Waals surface area contributed by atoms with Gasteiger partial charge in [-0.15, -0.1) is 68.0 Å². The van der Waals surface area contributed by atoms with Crippen molar-refractivity contribution in [2.75, 3.05) is 54.1 Å². The molecule has 0 radical (unpaired) electrons. The fraction of sp³-hybridized carbons (Fsp3) is 0.255. The molecular weight excluding hydrogens is 2360 g/mol. The summed E-state index contributed by atoms with van der Waals surface area (Å²) in [7, 11) is 7.56. The monoisotopic (exact) mass is 2460 g/mol. The number of aromatic nitrogens is 6. The van der Waals surface area contributed by atoms with E-state index in [9.17, 15) is 14.4 Å². The predicted molar refractivity (Wildman–Crippen MR) is 594 cm³/mol. The normalized spacial score (nSPS) is 10.3.